The van der Waals surface area contributed by atoms with Gasteiger partial charge in [0.15, 0.2) is 0 Å². The maximum absolute atomic E-state index is 11.9. The third kappa shape index (κ3) is 2.83. The lowest BCUT2D eigenvalue weighted by Gasteiger charge is -2.12. The molecule has 2 aromatic rings. The summed E-state index contributed by atoms with van der Waals surface area (Å²) < 4.78 is 0. The number of H-pyrrole nitrogens is 1. The molecule has 0 radical (unpaired) electrons. The number of amides is 1. The van der Waals surface area contributed by atoms with Gasteiger partial charge in [-0.1, -0.05) is 6.07 Å². The molecule has 0 spiro atoms. The van der Waals surface area contributed by atoms with E-state index in [4.69, 9.17) is 5.73 Å². The first kappa shape index (κ1) is 12.9. The maximum Gasteiger partial charge on any atom is 0.241 e. The van der Waals surface area contributed by atoms with Crippen LogP contribution >= 0.6 is 11.8 Å². The van der Waals surface area contributed by atoms with Crippen LogP contribution < -0.4 is 11.1 Å². The van der Waals surface area contributed by atoms with Crippen molar-refractivity contribution in [3.8, 4) is 0 Å². The highest BCUT2D eigenvalue weighted by atomic mass is 32.2. The van der Waals surface area contributed by atoms with Gasteiger partial charge in [0.05, 0.1) is 23.4 Å². The van der Waals surface area contributed by atoms with Gasteiger partial charge in [-0.05, 0) is 30.6 Å². The second kappa shape index (κ2) is 5.88. The van der Waals surface area contributed by atoms with Gasteiger partial charge in [0.1, 0.15) is 0 Å². The molecule has 1 aromatic carbocycles. The predicted molar refractivity (Wildman–Crippen MR) is 75.7 cm³/mol. The summed E-state index contributed by atoms with van der Waals surface area (Å²) in [6.45, 7) is 0. The number of carbonyl (C=O) groups excluding carboxylic acids is 1. The lowest BCUT2D eigenvalue weighted by Crippen LogP contribution is -2.36. The molecule has 0 saturated carbocycles. The highest BCUT2D eigenvalue weighted by Crippen LogP contribution is 2.21. The number of fused-ring (bicyclic) bond motifs is 1. The summed E-state index contributed by atoms with van der Waals surface area (Å²) in [5.74, 6) is 0.725. The predicted octanol–water partition coefficient (Wildman–Crippen LogP) is 1.58. The minimum absolute atomic E-state index is 0.155. The third-order valence-corrected chi connectivity index (χ3v) is 3.36. The number of aromatic amines is 1. The minimum Gasteiger partial charge on any atom is -0.324 e. The number of hydrogen-bond donors (Lipinski definition) is 3. The zero-order valence-corrected chi connectivity index (χ0v) is 11.0. The minimum atomic E-state index is -0.473. The van der Waals surface area contributed by atoms with Crippen LogP contribution in [0.1, 0.15) is 6.42 Å². The van der Waals surface area contributed by atoms with Gasteiger partial charge in [0.25, 0.3) is 0 Å². The van der Waals surface area contributed by atoms with Crippen LogP contribution in [0.3, 0.4) is 0 Å². The number of rotatable bonds is 5. The topological polar surface area (TPSA) is 83.8 Å². The Kier molecular flexibility index (Phi) is 4.22. The third-order valence-electron chi connectivity index (χ3n) is 2.71. The van der Waals surface area contributed by atoms with E-state index in [9.17, 15) is 4.79 Å². The van der Waals surface area contributed by atoms with Crippen molar-refractivity contribution in [3.05, 3.63) is 24.4 Å². The van der Waals surface area contributed by atoms with E-state index in [2.05, 4.69) is 15.5 Å². The first-order chi connectivity index (χ1) is 8.72. The first-order valence-electron chi connectivity index (χ1n) is 5.70. The van der Waals surface area contributed by atoms with E-state index in [-0.39, 0.29) is 5.91 Å². The van der Waals surface area contributed by atoms with Crippen LogP contribution in [0, 0.1) is 0 Å². The molecule has 4 N–H and O–H groups in total. The summed E-state index contributed by atoms with van der Waals surface area (Å²) in [5, 5.41) is 10.6. The summed E-state index contributed by atoms with van der Waals surface area (Å²) in [6, 6.07) is 5.14. The molecule has 18 heavy (non-hydrogen) atoms. The van der Waals surface area contributed by atoms with Gasteiger partial charge in [-0.3, -0.25) is 9.89 Å². The van der Waals surface area contributed by atoms with E-state index in [0.29, 0.717) is 6.42 Å². The average molecular weight is 264 g/mol. The van der Waals surface area contributed by atoms with Gasteiger partial charge in [-0.15, -0.1) is 0 Å². The summed E-state index contributed by atoms with van der Waals surface area (Å²) in [6.07, 6.45) is 4.36. The van der Waals surface area contributed by atoms with Gasteiger partial charge in [0, 0.05) is 5.39 Å². The van der Waals surface area contributed by atoms with Gasteiger partial charge in [-0.2, -0.15) is 16.9 Å². The molecule has 96 valence electrons. The van der Waals surface area contributed by atoms with Crippen molar-refractivity contribution < 1.29 is 4.79 Å². The number of hydrogen-bond acceptors (Lipinski definition) is 4. The number of thioether (sulfide) groups is 1. The van der Waals surface area contributed by atoms with Crippen LogP contribution in [-0.2, 0) is 4.79 Å². The molecule has 1 aromatic heterocycles. The van der Waals surface area contributed by atoms with Crippen LogP contribution in [0.5, 0.6) is 0 Å². The SMILES string of the molecule is CSCC[C@@H](N)C(=O)Nc1cccc2[nH]ncc12. The molecular weight excluding hydrogens is 248 g/mol. The van der Waals surface area contributed by atoms with E-state index in [1.807, 2.05) is 24.5 Å². The monoisotopic (exact) mass is 264 g/mol. The Labute approximate surface area is 110 Å². The largest absolute Gasteiger partial charge is 0.324 e. The molecule has 2 rings (SSSR count). The molecule has 1 amide bonds. The highest BCUT2D eigenvalue weighted by Gasteiger charge is 2.14. The normalized spacial score (nSPS) is 12.6. The zero-order chi connectivity index (χ0) is 13.0. The quantitative estimate of drug-likeness (QED) is 0.765. The fourth-order valence-electron chi connectivity index (χ4n) is 1.68. The van der Waals surface area contributed by atoms with Crippen LogP contribution in [0.25, 0.3) is 10.9 Å². The standard InChI is InChI=1S/C12H16N4OS/c1-18-6-5-9(13)12(17)15-10-3-2-4-11-8(10)7-14-16-11/h2-4,7,9H,5-6,13H2,1H3,(H,14,16)(H,15,17)/t9-/m1/s1. The fourth-order valence-corrected chi connectivity index (χ4v) is 2.17. The Bertz CT molecular complexity index is 540. The van der Waals surface area contributed by atoms with Crippen LogP contribution in [0.15, 0.2) is 24.4 Å². The van der Waals surface area contributed by atoms with Crippen molar-refractivity contribution in [1.29, 1.82) is 0 Å². The molecule has 1 atom stereocenters. The van der Waals surface area contributed by atoms with Crippen molar-refractivity contribution in [3.63, 3.8) is 0 Å². The summed E-state index contributed by atoms with van der Waals surface area (Å²) in [7, 11) is 0. The molecule has 1 heterocycles. The molecule has 0 aliphatic carbocycles. The Morgan fingerprint density at radius 1 is 1.61 bits per heavy atom. The Morgan fingerprint density at radius 3 is 3.22 bits per heavy atom. The lowest BCUT2D eigenvalue weighted by atomic mass is 10.2. The smallest absolute Gasteiger partial charge is 0.241 e. The second-order valence-corrected chi connectivity index (χ2v) is 5.00. The van der Waals surface area contributed by atoms with Crippen molar-refractivity contribution >= 4 is 34.3 Å². The van der Waals surface area contributed by atoms with E-state index in [1.54, 1.807) is 18.0 Å². The first-order valence-corrected chi connectivity index (χ1v) is 7.09. The van der Waals surface area contributed by atoms with Crippen LogP contribution in [0.4, 0.5) is 5.69 Å². The Morgan fingerprint density at radius 2 is 2.44 bits per heavy atom. The Balaban J connectivity index is 2.09. The van der Waals surface area contributed by atoms with Crippen molar-refractivity contribution in [2.75, 3.05) is 17.3 Å². The molecule has 0 aliphatic rings. The molecule has 0 fully saturated rings. The average Bonchev–Trinajstić information content (AvgIpc) is 2.85. The van der Waals surface area contributed by atoms with Crippen LogP contribution in [0.2, 0.25) is 0 Å². The number of carbonyl (C=O) groups is 1. The second-order valence-electron chi connectivity index (χ2n) is 4.01. The number of nitrogens with two attached hydrogens (primary N) is 1. The fraction of sp³-hybridized carbons (Fsp3) is 0.333. The van der Waals surface area contributed by atoms with Gasteiger partial charge >= 0.3 is 0 Å². The maximum atomic E-state index is 11.9. The number of nitrogens with one attached hydrogen (secondary N) is 2. The van der Waals surface area contributed by atoms with Crippen LogP contribution in [-0.4, -0.2) is 34.2 Å². The summed E-state index contributed by atoms with van der Waals surface area (Å²) >= 11 is 1.68. The van der Waals surface area contributed by atoms with E-state index in [0.717, 1.165) is 22.3 Å². The van der Waals surface area contributed by atoms with E-state index >= 15 is 0 Å². The Hall–Kier alpha value is -1.53. The number of nitrogens with zero attached hydrogens (tertiary/aromatic N) is 1. The van der Waals surface area contributed by atoms with Gasteiger partial charge in [0.2, 0.25) is 5.91 Å². The molecule has 5 nitrogen and oxygen atoms in total. The van der Waals surface area contributed by atoms with E-state index < -0.39 is 6.04 Å². The summed E-state index contributed by atoms with van der Waals surface area (Å²) in [5.41, 5.74) is 7.46. The zero-order valence-electron chi connectivity index (χ0n) is 10.1. The summed E-state index contributed by atoms with van der Waals surface area (Å²) in [4.78, 5) is 11.9. The highest BCUT2D eigenvalue weighted by molar-refractivity contribution is 7.98. The molecule has 0 saturated heterocycles. The number of aromatic nitrogens is 2. The van der Waals surface area contributed by atoms with Crippen molar-refractivity contribution in [1.82, 2.24) is 10.2 Å². The molecule has 0 aliphatic heterocycles. The van der Waals surface area contributed by atoms with Crippen molar-refractivity contribution in [2.24, 2.45) is 5.73 Å². The van der Waals surface area contributed by atoms with Gasteiger partial charge < -0.3 is 11.1 Å². The molecule has 0 bridgehead atoms. The number of anilines is 1. The molecule has 6 heteroatoms. The molecular formula is C12H16N4OS. The lowest BCUT2D eigenvalue weighted by molar-refractivity contribution is -0.117. The molecule has 0 unspecified atom stereocenters. The van der Waals surface area contributed by atoms with Crippen molar-refractivity contribution in [2.45, 2.75) is 12.5 Å². The number of benzene rings is 1. The van der Waals surface area contributed by atoms with Gasteiger partial charge in [-0.25, -0.2) is 0 Å². The van der Waals surface area contributed by atoms with E-state index in [1.165, 1.54) is 0 Å².